The Bertz CT molecular complexity index is 349. The summed E-state index contributed by atoms with van der Waals surface area (Å²) >= 11 is 0. The summed E-state index contributed by atoms with van der Waals surface area (Å²) in [7, 11) is 0. The van der Waals surface area contributed by atoms with Crippen LogP contribution in [0.3, 0.4) is 0 Å². The Morgan fingerprint density at radius 2 is 1.07 bits per heavy atom. The Kier molecular flexibility index (Phi) is 12.2. The van der Waals surface area contributed by atoms with Crippen molar-refractivity contribution in [1.82, 2.24) is 5.06 Å². The first kappa shape index (κ1) is 24.9. The van der Waals surface area contributed by atoms with Crippen LogP contribution in [0.4, 0.5) is 0 Å². The SMILES string of the molecule is CCCCCCCCCCCCCCCOC1CC(C)(C)N([O])C(C)(C)C1. The van der Waals surface area contributed by atoms with Crippen LogP contribution in [0.2, 0.25) is 0 Å². The lowest BCUT2D eigenvalue weighted by molar-refractivity contribution is -0.301. The summed E-state index contributed by atoms with van der Waals surface area (Å²) < 4.78 is 6.14. The van der Waals surface area contributed by atoms with Gasteiger partial charge in [-0.05, 0) is 47.0 Å². The van der Waals surface area contributed by atoms with E-state index in [1.807, 2.05) is 27.7 Å². The van der Waals surface area contributed by atoms with Gasteiger partial charge in [0, 0.05) is 17.7 Å². The molecule has 0 unspecified atom stereocenters. The van der Waals surface area contributed by atoms with E-state index in [-0.39, 0.29) is 17.2 Å². The average molecular weight is 383 g/mol. The lowest BCUT2D eigenvalue weighted by Gasteiger charge is -2.49. The molecule has 1 saturated heterocycles. The van der Waals surface area contributed by atoms with Crippen molar-refractivity contribution < 1.29 is 9.94 Å². The van der Waals surface area contributed by atoms with Crippen LogP contribution < -0.4 is 0 Å². The number of hydrogen-bond donors (Lipinski definition) is 0. The fraction of sp³-hybridized carbons (Fsp3) is 1.00. The van der Waals surface area contributed by atoms with E-state index >= 15 is 0 Å². The van der Waals surface area contributed by atoms with Crippen LogP contribution >= 0.6 is 0 Å². The third-order valence-corrected chi connectivity index (χ3v) is 6.16. The van der Waals surface area contributed by atoms with Gasteiger partial charge in [-0.25, -0.2) is 0 Å². The summed E-state index contributed by atoms with van der Waals surface area (Å²) in [6.45, 7) is 11.3. The van der Waals surface area contributed by atoms with Crippen LogP contribution in [0.5, 0.6) is 0 Å². The highest BCUT2D eigenvalue weighted by molar-refractivity contribution is 4.96. The van der Waals surface area contributed by atoms with Gasteiger partial charge >= 0.3 is 0 Å². The quantitative estimate of drug-likeness (QED) is 0.275. The van der Waals surface area contributed by atoms with Crippen molar-refractivity contribution in [3.8, 4) is 0 Å². The zero-order valence-electron chi connectivity index (χ0n) is 19.2. The molecule has 3 heteroatoms. The third kappa shape index (κ3) is 10.3. The van der Waals surface area contributed by atoms with Crippen LogP contribution in [0.15, 0.2) is 0 Å². The molecular weight excluding hydrogens is 334 g/mol. The fourth-order valence-electron chi connectivity index (χ4n) is 4.66. The Balaban J connectivity index is 1.93. The molecule has 0 aromatic carbocycles. The van der Waals surface area contributed by atoms with Gasteiger partial charge in [-0.2, -0.15) is 0 Å². The molecule has 0 amide bonds. The minimum absolute atomic E-state index is 0.234. The highest BCUT2D eigenvalue weighted by Gasteiger charge is 2.46. The van der Waals surface area contributed by atoms with Gasteiger partial charge in [0.15, 0.2) is 0 Å². The van der Waals surface area contributed by atoms with E-state index in [4.69, 9.17) is 4.74 Å². The molecule has 0 aliphatic carbocycles. The van der Waals surface area contributed by atoms with E-state index in [2.05, 4.69) is 6.92 Å². The molecule has 161 valence electrons. The molecule has 1 radical (unpaired) electrons. The highest BCUT2D eigenvalue weighted by atomic mass is 16.5. The summed E-state index contributed by atoms with van der Waals surface area (Å²) in [4.78, 5) is 0. The van der Waals surface area contributed by atoms with E-state index in [0.717, 1.165) is 25.9 Å². The molecule has 0 saturated carbocycles. The van der Waals surface area contributed by atoms with Gasteiger partial charge in [0.1, 0.15) is 0 Å². The van der Waals surface area contributed by atoms with Crippen molar-refractivity contribution >= 4 is 0 Å². The Morgan fingerprint density at radius 1 is 0.704 bits per heavy atom. The van der Waals surface area contributed by atoms with Crippen molar-refractivity contribution in [3.63, 3.8) is 0 Å². The minimum atomic E-state index is -0.317. The van der Waals surface area contributed by atoms with Gasteiger partial charge in [-0.1, -0.05) is 84.0 Å². The predicted molar refractivity (Wildman–Crippen MR) is 115 cm³/mol. The molecule has 3 nitrogen and oxygen atoms in total. The highest BCUT2D eigenvalue weighted by Crippen LogP contribution is 2.38. The largest absolute Gasteiger partial charge is 0.378 e. The first-order valence-electron chi connectivity index (χ1n) is 11.9. The molecule has 0 atom stereocenters. The minimum Gasteiger partial charge on any atom is -0.378 e. The Labute approximate surface area is 170 Å². The van der Waals surface area contributed by atoms with E-state index in [0.29, 0.717) is 0 Å². The van der Waals surface area contributed by atoms with Gasteiger partial charge < -0.3 is 4.74 Å². The van der Waals surface area contributed by atoms with Gasteiger partial charge in [0.2, 0.25) is 0 Å². The van der Waals surface area contributed by atoms with Crippen LogP contribution in [0, 0.1) is 0 Å². The van der Waals surface area contributed by atoms with E-state index < -0.39 is 0 Å². The Morgan fingerprint density at radius 3 is 1.48 bits per heavy atom. The second-order valence-electron chi connectivity index (χ2n) is 10.1. The van der Waals surface area contributed by atoms with Gasteiger partial charge in [0.25, 0.3) is 0 Å². The number of rotatable bonds is 15. The summed E-state index contributed by atoms with van der Waals surface area (Å²) in [5.74, 6) is 0. The number of unbranched alkanes of at least 4 members (excludes halogenated alkanes) is 12. The monoisotopic (exact) mass is 382 g/mol. The zero-order chi connectivity index (χ0) is 20.2. The maximum Gasteiger partial charge on any atom is 0.0611 e. The standard InChI is InChI=1S/C24H48NO2/c1-6-7-8-9-10-11-12-13-14-15-16-17-18-19-27-22-20-23(2,3)25(26)24(4,5)21-22/h22H,6-21H2,1-5H3. The van der Waals surface area contributed by atoms with Crippen molar-refractivity contribution in [2.24, 2.45) is 0 Å². The van der Waals surface area contributed by atoms with Gasteiger partial charge in [-0.15, -0.1) is 10.3 Å². The molecule has 27 heavy (non-hydrogen) atoms. The number of hydrogen-bond acceptors (Lipinski definition) is 2. The maximum absolute atomic E-state index is 12.4. The van der Waals surface area contributed by atoms with Crippen molar-refractivity contribution in [3.05, 3.63) is 0 Å². The van der Waals surface area contributed by atoms with E-state index in [9.17, 15) is 5.21 Å². The van der Waals surface area contributed by atoms with E-state index in [1.165, 1.54) is 82.1 Å². The normalized spacial score (nSPS) is 20.2. The number of hydroxylamine groups is 2. The summed E-state index contributed by atoms with van der Waals surface area (Å²) in [6.07, 6.45) is 19.9. The summed E-state index contributed by atoms with van der Waals surface area (Å²) in [5.41, 5.74) is -0.634. The van der Waals surface area contributed by atoms with Crippen molar-refractivity contribution in [1.29, 1.82) is 0 Å². The second-order valence-corrected chi connectivity index (χ2v) is 10.1. The van der Waals surface area contributed by atoms with E-state index in [1.54, 1.807) is 0 Å². The first-order chi connectivity index (χ1) is 12.8. The molecule has 0 bridgehead atoms. The van der Waals surface area contributed by atoms with Gasteiger partial charge in [0.05, 0.1) is 6.10 Å². The lowest BCUT2D eigenvalue weighted by Crippen LogP contribution is -2.59. The van der Waals surface area contributed by atoms with Crippen LogP contribution in [0.25, 0.3) is 0 Å². The number of ether oxygens (including phenoxy) is 1. The molecular formula is C24H48NO2. The first-order valence-corrected chi connectivity index (χ1v) is 11.9. The van der Waals surface area contributed by atoms with Crippen molar-refractivity contribution in [2.75, 3.05) is 6.61 Å². The molecule has 0 N–H and O–H groups in total. The maximum atomic E-state index is 12.4. The summed E-state index contributed by atoms with van der Waals surface area (Å²) in [5, 5.41) is 13.7. The fourth-order valence-corrected chi connectivity index (χ4v) is 4.66. The molecule has 1 aliphatic rings. The van der Waals surface area contributed by atoms with Crippen molar-refractivity contribution in [2.45, 2.75) is 148 Å². The molecule has 1 fully saturated rings. The molecule has 1 rings (SSSR count). The number of nitrogens with zero attached hydrogens (tertiary/aromatic N) is 1. The molecule has 0 aromatic rings. The average Bonchev–Trinajstić information content (AvgIpc) is 2.59. The molecule has 0 aromatic heterocycles. The second kappa shape index (κ2) is 13.2. The number of piperidine rings is 1. The zero-order valence-corrected chi connectivity index (χ0v) is 19.2. The van der Waals surface area contributed by atoms with Crippen LogP contribution in [-0.4, -0.2) is 28.9 Å². The third-order valence-electron chi connectivity index (χ3n) is 6.16. The molecule has 1 aliphatic heterocycles. The predicted octanol–water partition coefficient (Wildman–Crippen LogP) is 7.46. The topological polar surface area (TPSA) is 32.4 Å². The smallest absolute Gasteiger partial charge is 0.0611 e. The molecule has 1 heterocycles. The van der Waals surface area contributed by atoms with Crippen LogP contribution in [0.1, 0.15) is 131 Å². The Hall–Kier alpha value is -0.120. The lowest BCUT2D eigenvalue weighted by atomic mass is 9.80. The van der Waals surface area contributed by atoms with Crippen LogP contribution in [-0.2, 0) is 9.94 Å². The van der Waals surface area contributed by atoms with Gasteiger partial charge in [-0.3, -0.25) is 0 Å². The summed E-state index contributed by atoms with van der Waals surface area (Å²) in [6, 6.07) is 0. The molecule has 0 spiro atoms.